The van der Waals surface area contributed by atoms with Gasteiger partial charge in [-0.3, -0.25) is 4.31 Å². The topological polar surface area (TPSA) is 46.6 Å². The molecule has 0 aromatic heterocycles. The van der Waals surface area contributed by atoms with Crippen LogP contribution < -0.4 is 9.04 Å². The van der Waals surface area contributed by atoms with E-state index in [9.17, 15) is 12.8 Å². The van der Waals surface area contributed by atoms with Crippen molar-refractivity contribution in [3.8, 4) is 5.75 Å². The highest BCUT2D eigenvalue weighted by molar-refractivity contribution is 7.92. The number of ether oxygens (including phenoxy) is 1. The van der Waals surface area contributed by atoms with E-state index in [2.05, 4.69) is 0 Å². The number of fused-ring (bicyclic) bond motifs is 1. The summed E-state index contributed by atoms with van der Waals surface area (Å²) in [6.07, 6.45) is 1.09. The molecule has 0 spiro atoms. The minimum Gasteiger partial charge on any atom is -0.489 e. The fraction of sp³-hybridized carbons (Fsp3) is 0.333. The quantitative estimate of drug-likeness (QED) is 0.724. The van der Waals surface area contributed by atoms with Crippen LogP contribution >= 0.6 is 0 Å². The summed E-state index contributed by atoms with van der Waals surface area (Å²) in [6.45, 7) is 0.501. The van der Waals surface area contributed by atoms with E-state index in [-0.39, 0.29) is 18.8 Å². The van der Waals surface area contributed by atoms with Crippen molar-refractivity contribution >= 4 is 15.7 Å². The van der Waals surface area contributed by atoms with Gasteiger partial charge in [0, 0.05) is 6.07 Å². The average molecular weight is 231 g/mol. The van der Waals surface area contributed by atoms with Gasteiger partial charge < -0.3 is 4.74 Å². The molecule has 0 atom stereocenters. The molecule has 0 saturated heterocycles. The zero-order chi connectivity index (χ0) is 11.1. The van der Waals surface area contributed by atoms with Gasteiger partial charge in [-0.15, -0.1) is 0 Å². The number of hydrogen-bond acceptors (Lipinski definition) is 3. The molecule has 2 rings (SSSR count). The molecule has 6 heteroatoms. The first-order valence-corrected chi connectivity index (χ1v) is 6.23. The van der Waals surface area contributed by atoms with Crippen LogP contribution in [0.4, 0.5) is 10.1 Å². The molecule has 0 aliphatic carbocycles. The molecule has 0 saturated carbocycles. The van der Waals surface area contributed by atoms with Gasteiger partial charge in [0.25, 0.3) is 0 Å². The molecule has 1 aromatic carbocycles. The van der Waals surface area contributed by atoms with E-state index in [0.717, 1.165) is 16.6 Å². The number of benzene rings is 1. The summed E-state index contributed by atoms with van der Waals surface area (Å²) in [5.41, 5.74) is 0.267. The van der Waals surface area contributed by atoms with Crippen molar-refractivity contribution in [2.24, 2.45) is 0 Å². The fourth-order valence-electron chi connectivity index (χ4n) is 1.51. The highest BCUT2D eigenvalue weighted by Crippen LogP contribution is 2.33. The Hall–Kier alpha value is -1.30. The Balaban J connectivity index is 2.55. The molecule has 15 heavy (non-hydrogen) atoms. The van der Waals surface area contributed by atoms with E-state index in [0.29, 0.717) is 5.75 Å². The van der Waals surface area contributed by atoms with Gasteiger partial charge in [0.05, 0.1) is 18.5 Å². The molecular formula is C9H10FNO3S. The summed E-state index contributed by atoms with van der Waals surface area (Å²) in [5, 5.41) is 0. The lowest BCUT2D eigenvalue weighted by atomic mass is 10.2. The monoisotopic (exact) mass is 231 g/mol. The predicted octanol–water partition coefficient (Wildman–Crippen LogP) is 0.984. The first kappa shape index (κ1) is 10.2. The Morgan fingerprint density at radius 3 is 2.87 bits per heavy atom. The minimum atomic E-state index is -3.37. The molecule has 1 aliphatic heterocycles. The molecule has 1 aromatic rings. The summed E-state index contributed by atoms with van der Waals surface area (Å²) < 4.78 is 42.2. The summed E-state index contributed by atoms with van der Waals surface area (Å²) in [4.78, 5) is 0. The van der Waals surface area contributed by atoms with E-state index in [4.69, 9.17) is 4.74 Å². The van der Waals surface area contributed by atoms with Crippen molar-refractivity contribution in [3.05, 3.63) is 24.0 Å². The Morgan fingerprint density at radius 2 is 2.20 bits per heavy atom. The smallest absolute Gasteiger partial charge is 0.232 e. The van der Waals surface area contributed by atoms with Crippen LogP contribution in [-0.4, -0.2) is 27.8 Å². The second kappa shape index (κ2) is 3.37. The van der Waals surface area contributed by atoms with Gasteiger partial charge in [-0.2, -0.15) is 0 Å². The van der Waals surface area contributed by atoms with Crippen LogP contribution in [0.5, 0.6) is 5.75 Å². The molecule has 0 bridgehead atoms. The highest BCUT2D eigenvalue weighted by Gasteiger charge is 2.25. The molecule has 0 amide bonds. The van der Waals surface area contributed by atoms with Crippen molar-refractivity contribution in [2.75, 3.05) is 23.7 Å². The number of rotatable bonds is 1. The number of nitrogens with zero attached hydrogens (tertiary/aromatic N) is 1. The fourth-order valence-corrected chi connectivity index (χ4v) is 2.42. The normalized spacial score (nSPS) is 15.7. The molecule has 82 valence electrons. The molecule has 0 N–H and O–H groups in total. The maximum absolute atomic E-state index is 13.0. The molecule has 1 aliphatic rings. The zero-order valence-corrected chi connectivity index (χ0v) is 8.92. The van der Waals surface area contributed by atoms with Gasteiger partial charge in [0.15, 0.2) is 0 Å². The van der Waals surface area contributed by atoms with Crippen molar-refractivity contribution < 1.29 is 17.5 Å². The Bertz CT molecular complexity index is 486. The van der Waals surface area contributed by atoms with E-state index >= 15 is 0 Å². The second-order valence-electron chi connectivity index (χ2n) is 3.30. The lowest BCUT2D eigenvalue weighted by molar-refractivity contribution is 0.315. The van der Waals surface area contributed by atoms with Gasteiger partial charge in [0.2, 0.25) is 10.0 Å². The second-order valence-corrected chi connectivity index (χ2v) is 5.20. The Labute approximate surface area is 87.3 Å². The van der Waals surface area contributed by atoms with Crippen LogP contribution in [0.25, 0.3) is 0 Å². The van der Waals surface area contributed by atoms with E-state index in [1.807, 2.05) is 0 Å². The van der Waals surface area contributed by atoms with Gasteiger partial charge in [-0.05, 0) is 12.1 Å². The summed E-state index contributed by atoms with van der Waals surface area (Å²) >= 11 is 0. The Kier molecular flexibility index (Phi) is 2.30. The molecular weight excluding hydrogens is 221 g/mol. The minimum absolute atomic E-state index is 0.218. The van der Waals surface area contributed by atoms with E-state index < -0.39 is 15.8 Å². The lowest BCUT2D eigenvalue weighted by Crippen LogP contribution is -2.37. The van der Waals surface area contributed by atoms with Gasteiger partial charge >= 0.3 is 0 Å². The van der Waals surface area contributed by atoms with Crippen LogP contribution in [0.3, 0.4) is 0 Å². The zero-order valence-electron chi connectivity index (χ0n) is 8.10. The lowest BCUT2D eigenvalue weighted by Gasteiger charge is -2.29. The number of halogens is 1. The average Bonchev–Trinajstić information content (AvgIpc) is 2.15. The summed E-state index contributed by atoms with van der Waals surface area (Å²) in [6, 6.07) is 3.84. The third kappa shape index (κ3) is 1.90. The van der Waals surface area contributed by atoms with Gasteiger partial charge in [-0.1, -0.05) is 0 Å². The third-order valence-corrected chi connectivity index (χ3v) is 3.32. The third-order valence-electron chi connectivity index (χ3n) is 2.14. The van der Waals surface area contributed by atoms with Crippen LogP contribution in [0.2, 0.25) is 0 Å². The standard InChI is InChI=1S/C9H10FNO3S/c1-15(12,13)11-4-5-14-9-3-2-7(10)6-8(9)11/h2-3,6H,4-5H2,1H3. The molecule has 4 nitrogen and oxygen atoms in total. The van der Waals surface area contributed by atoms with E-state index in [1.54, 1.807) is 0 Å². The maximum Gasteiger partial charge on any atom is 0.232 e. The molecule has 0 radical (unpaired) electrons. The first-order valence-electron chi connectivity index (χ1n) is 4.38. The van der Waals surface area contributed by atoms with E-state index in [1.165, 1.54) is 12.1 Å². The number of anilines is 1. The van der Waals surface area contributed by atoms with Crippen molar-refractivity contribution in [2.45, 2.75) is 0 Å². The highest BCUT2D eigenvalue weighted by atomic mass is 32.2. The van der Waals surface area contributed by atoms with Gasteiger partial charge in [-0.25, -0.2) is 12.8 Å². The molecule has 0 unspecified atom stereocenters. The van der Waals surface area contributed by atoms with Crippen LogP contribution in [0, 0.1) is 5.82 Å². The Morgan fingerprint density at radius 1 is 1.47 bits per heavy atom. The summed E-state index contributed by atoms with van der Waals surface area (Å²) in [7, 11) is -3.37. The van der Waals surface area contributed by atoms with Crippen LogP contribution in [0.1, 0.15) is 0 Å². The molecule has 1 heterocycles. The van der Waals surface area contributed by atoms with Crippen molar-refractivity contribution in [1.82, 2.24) is 0 Å². The number of hydrogen-bond donors (Lipinski definition) is 0. The van der Waals surface area contributed by atoms with Gasteiger partial charge in [0.1, 0.15) is 18.2 Å². The van der Waals surface area contributed by atoms with Crippen LogP contribution in [-0.2, 0) is 10.0 Å². The van der Waals surface area contributed by atoms with Crippen molar-refractivity contribution in [1.29, 1.82) is 0 Å². The van der Waals surface area contributed by atoms with Crippen LogP contribution in [0.15, 0.2) is 18.2 Å². The maximum atomic E-state index is 13.0. The first-order chi connectivity index (χ1) is 6.98. The number of sulfonamides is 1. The van der Waals surface area contributed by atoms with Crippen molar-refractivity contribution in [3.63, 3.8) is 0 Å². The predicted molar refractivity (Wildman–Crippen MR) is 54.1 cm³/mol. The molecule has 0 fully saturated rings. The summed E-state index contributed by atoms with van der Waals surface area (Å²) in [5.74, 6) is -0.0824. The SMILES string of the molecule is CS(=O)(=O)N1CCOc2ccc(F)cc21. The largest absolute Gasteiger partial charge is 0.489 e.